The third-order valence-corrected chi connectivity index (χ3v) is 4.58. The maximum atomic E-state index is 12.8. The Morgan fingerprint density at radius 3 is 2.62 bits per heavy atom. The van der Waals surface area contributed by atoms with Gasteiger partial charge in [0.05, 0.1) is 0 Å². The van der Waals surface area contributed by atoms with Gasteiger partial charge in [0.1, 0.15) is 0 Å². The Labute approximate surface area is 147 Å². The summed E-state index contributed by atoms with van der Waals surface area (Å²) in [6, 6.07) is 17.5. The van der Waals surface area contributed by atoms with E-state index in [0.717, 1.165) is 16.1 Å². The van der Waals surface area contributed by atoms with Crippen LogP contribution >= 0.6 is 11.8 Å². The van der Waals surface area contributed by atoms with Gasteiger partial charge in [-0.1, -0.05) is 36.4 Å². The first-order chi connectivity index (χ1) is 11.6. The molecule has 0 aliphatic heterocycles. The summed E-state index contributed by atoms with van der Waals surface area (Å²) >= 11 is 1.64. The van der Waals surface area contributed by atoms with Gasteiger partial charge in [-0.25, -0.2) is 4.79 Å². The Morgan fingerprint density at radius 1 is 1.21 bits per heavy atom. The van der Waals surface area contributed by atoms with Crippen LogP contribution in [0.4, 0.5) is 10.5 Å². The smallest absolute Gasteiger partial charge is 0.322 e. The maximum Gasteiger partial charge on any atom is 0.322 e. The van der Waals surface area contributed by atoms with E-state index in [1.54, 1.807) is 16.7 Å². The number of urea groups is 1. The van der Waals surface area contributed by atoms with E-state index < -0.39 is 0 Å². The molecule has 2 N–H and O–H groups in total. The quantitative estimate of drug-likeness (QED) is 0.740. The maximum absolute atomic E-state index is 12.8. The zero-order chi connectivity index (χ0) is 17.4. The van der Waals surface area contributed by atoms with Crippen LogP contribution in [0.3, 0.4) is 0 Å². The average molecular weight is 344 g/mol. The SMILES string of the molecule is CSc1cccc(NC(=O)N(Cc2ccccc2)C(C)CCO)c1. The van der Waals surface area contributed by atoms with Crippen LogP contribution in [0.1, 0.15) is 18.9 Å². The average Bonchev–Trinajstić information content (AvgIpc) is 2.60. The highest BCUT2D eigenvalue weighted by atomic mass is 32.2. The fourth-order valence-corrected chi connectivity index (χ4v) is 2.91. The van der Waals surface area contributed by atoms with E-state index in [2.05, 4.69) is 5.32 Å². The monoisotopic (exact) mass is 344 g/mol. The van der Waals surface area contributed by atoms with Crippen molar-refractivity contribution in [2.75, 3.05) is 18.2 Å². The first-order valence-electron chi connectivity index (χ1n) is 8.00. The van der Waals surface area contributed by atoms with Gasteiger partial charge >= 0.3 is 6.03 Å². The number of carbonyl (C=O) groups excluding carboxylic acids is 1. The summed E-state index contributed by atoms with van der Waals surface area (Å²) in [6.07, 6.45) is 2.55. The van der Waals surface area contributed by atoms with Crippen molar-refractivity contribution in [3.63, 3.8) is 0 Å². The molecule has 0 heterocycles. The molecule has 4 nitrogen and oxygen atoms in total. The van der Waals surface area contributed by atoms with Gasteiger partial charge in [-0.05, 0) is 43.4 Å². The highest BCUT2D eigenvalue weighted by Gasteiger charge is 2.20. The van der Waals surface area contributed by atoms with Crippen molar-refractivity contribution in [3.05, 3.63) is 60.2 Å². The number of carbonyl (C=O) groups is 1. The summed E-state index contributed by atoms with van der Waals surface area (Å²) < 4.78 is 0. The molecule has 0 fully saturated rings. The zero-order valence-corrected chi connectivity index (χ0v) is 14.9. The second kappa shape index (κ2) is 9.35. The first-order valence-corrected chi connectivity index (χ1v) is 9.23. The number of hydrogen-bond donors (Lipinski definition) is 2. The summed E-state index contributed by atoms with van der Waals surface area (Å²) in [5.74, 6) is 0. The lowest BCUT2D eigenvalue weighted by atomic mass is 10.1. The van der Waals surface area contributed by atoms with Crippen LogP contribution in [0.25, 0.3) is 0 Å². The molecule has 24 heavy (non-hydrogen) atoms. The number of aliphatic hydroxyl groups excluding tert-OH is 1. The van der Waals surface area contributed by atoms with Crippen LogP contribution in [0.2, 0.25) is 0 Å². The molecule has 0 aliphatic rings. The van der Waals surface area contributed by atoms with Gasteiger partial charge in [-0.15, -0.1) is 11.8 Å². The molecule has 0 aliphatic carbocycles. The molecule has 2 amide bonds. The third kappa shape index (κ3) is 5.28. The highest BCUT2D eigenvalue weighted by molar-refractivity contribution is 7.98. The lowest BCUT2D eigenvalue weighted by Gasteiger charge is -2.29. The van der Waals surface area contributed by atoms with Crippen molar-refractivity contribution in [2.45, 2.75) is 30.8 Å². The van der Waals surface area contributed by atoms with Gasteiger partial charge in [-0.2, -0.15) is 0 Å². The van der Waals surface area contributed by atoms with Gasteiger partial charge in [-0.3, -0.25) is 0 Å². The van der Waals surface area contributed by atoms with Crippen LogP contribution in [0.15, 0.2) is 59.5 Å². The van der Waals surface area contributed by atoms with E-state index in [1.165, 1.54) is 0 Å². The molecule has 1 atom stereocenters. The molecule has 5 heteroatoms. The van der Waals surface area contributed by atoms with Crippen LogP contribution in [0, 0.1) is 0 Å². The van der Waals surface area contributed by atoms with Crippen molar-refractivity contribution in [1.29, 1.82) is 0 Å². The zero-order valence-electron chi connectivity index (χ0n) is 14.1. The molecular formula is C19H24N2O2S. The van der Waals surface area contributed by atoms with E-state index in [9.17, 15) is 9.90 Å². The third-order valence-electron chi connectivity index (χ3n) is 3.86. The number of aliphatic hydroxyl groups is 1. The topological polar surface area (TPSA) is 52.6 Å². The van der Waals surface area contributed by atoms with Crippen molar-refractivity contribution in [2.24, 2.45) is 0 Å². The molecule has 0 bridgehead atoms. The number of nitrogens with zero attached hydrogens (tertiary/aromatic N) is 1. The minimum Gasteiger partial charge on any atom is -0.396 e. The Morgan fingerprint density at radius 2 is 1.96 bits per heavy atom. The van der Waals surface area contributed by atoms with E-state index in [1.807, 2.05) is 67.8 Å². The minimum absolute atomic E-state index is 0.0565. The molecule has 2 aromatic carbocycles. The molecule has 2 aromatic rings. The number of benzene rings is 2. The van der Waals surface area contributed by atoms with E-state index in [-0.39, 0.29) is 18.7 Å². The molecule has 0 saturated carbocycles. The van der Waals surface area contributed by atoms with Crippen LogP contribution in [0.5, 0.6) is 0 Å². The van der Waals surface area contributed by atoms with E-state index >= 15 is 0 Å². The van der Waals surface area contributed by atoms with Crippen molar-refractivity contribution in [1.82, 2.24) is 4.90 Å². The second-order valence-electron chi connectivity index (χ2n) is 5.64. The number of anilines is 1. The van der Waals surface area contributed by atoms with Gasteiger partial charge in [0.15, 0.2) is 0 Å². The summed E-state index contributed by atoms with van der Waals surface area (Å²) in [7, 11) is 0. The predicted octanol–water partition coefficient (Wildman–Crippen LogP) is 4.21. The molecule has 0 spiro atoms. The van der Waals surface area contributed by atoms with E-state index in [4.69, 9.17) is 0 Å². The number of nitrogens with one attached hydrogen (secondary N) is 1. The van der Waals surface area contributed by atoms with Gasteiger partial charge in [0, 0.05) is 29.8 Å². The number of rotatable bonds is 7. The molecular weight excluding hydrogens is 320 g/mol. The lowest BCUT2D eigenvalue weighted by molar-refractivity contribution is 0.169. The second-order valence-corrected chi connectivity index (χ2v) is 6.52. The van der Waals surface area contributed by atoms with Gasteiger partial charge in [0.2, 0.25) is 0 Å². The molecule has 2 rings (SSSR count). The first kappa shape index (κ1) is 18.4. The fourth-order valence-electron chi connectivity index (χ4n) is 2.45. The number of hydrogen-bond acceptors (Lipinski definition) is 3. The van der Waals surface area contributed by atoms with Crippen molar-refractivity contribution < 1.29 is 9.90 Å². The predicted molar refractivity (Wildman–Crippen MR) is 100 cm³/mol. The number of thioether (sulfide) groups is 1. The minimum atomic E-state index is -0.155. The van der Waals surface area contributed by atoms with Gasteiger partial charge < -0.3 is 15.3 Å². The largest absolute Gasteiger partial charge is 0.396 e. The fraction of sp³-hybridized carbons (Fsp3) is 0.316. The number of amides is 2. The molecule has 0 radical (unpaired) electrons. The van der Waals surface area contributed by atoms with Crippen molar-refractivity contribution >= 4 is 23.5 Å². The summed E-state index contributed by atoms with van der Waals surface area (Å²) in [6.45, 7) is 2.52. The Bertz CT molecular complexity index is 649. The summed E-state index contributed by atoms with van der Waals surface area (Å²) in [5.41, 5.74) is 1.84. The van der Waals surface area contributed by atoms with Crippen LogP contribution in [-0.2, 0) is 6.54 Å². The normalized spacial score (nSPS) is 11.8. The summed E-state index contributed by atoms with van der Waals surface area (Å²) in [5, 5.41) is 12.2. The Balaban J connectivity index is 2.14. The summed E-state index contributed by atoms with van der Waals surface area (Å²) in [4.78, 5) is 15.6. The van der Waals surface area contributed by atoms with Gasteiger partial charge in [0.25, 0.3) is 0 Å². The van der Waals surface area contributed by atoms with Crippen LogP contribution < -0.4 is 5.32 Å². The lowest BCUT2D eigenvalue weighted by Crippen LogP contribution is -2.41. The molecule has 128 valence electrons. The molecule has 1 unspecified atom stereocenters. The van der Waals surface area contributed by atoms with Crippen LogP contribution in [-0.4, -0.2) is 34.9 Å². The highest BCUT2D eigenvalue weighted by Crippen LogP contribution is 2.20. The Hall–Kier alpha value is -1.98. The Kier molecular flexibility index (Phi) is 7.15. The standard InChI is InChI=1S/C19H24N2O2S/c1-15(11-12-22)21(14-16-7-4-3-5-8-16)19(23)20-17-9-6-10-18(13-17)24-2/h3-10,13,15,22H,11-12,14H2,1-2H3,(H,20,23). The van der Waals surface area contributed by atoms with E-state index in [0.29, 0.717) is 13.0 Å². The molecule has 0 aromatic heterocycles. The molecule has 0 saturated heterocycles. The van der Waals surface area contributed by atoms with Crippen molar-refractivity contribution in [3.8, 4) is 0 Å².